The van der Waals surface area contributed by atoms with Gasteiger partial charge in [-0.15, -0.1) is 0 Å². The lowest BCUT2D eigenvalue weighted by Gasteiger charge is -2.10. The van der Waals surface area contributed by atoms with Crippen molar-refractivity contribution < 1.29 is 9.90 Å². The molecular weight excluding hydrogens is 223 g/mol. The smallest absolute Gasteiger partial charge is 0.314 e. The lowest BCUT2D eigenvalue weighted by molar-refractivity contribution is -0.140. The number of halogens is 2. The van der Waals surface area contributed by atoms with Gasteiger partial charge in [-0.2, -0.15) is 0 Å². The summed E-state index contributed by atoms with van der Waals surface area (Å²) < 4.78 is 0. The summed E-state index contributed by atoms with van der Waals surface area (Å²) in [5.74, 6) is -0.782. The standard InChI is InChI=1S/C10H8Cl2O2/c11-7-2-1-6(5-8(7)12)10(3-4-10)9(13)14/h1-2,5H,3-4H2,(H,13,14). The Bertz CT molecular complexity index is 397. The molecule has 14 heavy (non-hydrogen) atoms. The molecule has 1 aliphatic rings. The largest absolute Gasteiger partial charge is 0.481 e. The summed E-state index contributed by atoms with van der Waals surface area (Å²) in [5, 5.41) is 9.91. The van der Waals surface area contributed by atoms with Crippen molar-refractivity contribution in [1.29, 1.82) is 0 Å². The molecule has 0 saturated heterocycles. The summed E-state index contributed by atoms with van der Waals surface area (Å²) >= 11 is 11.6. The minimum absolute atomic E-state index is 0.414. The monoisotopic (exact) mass is 230 g/mol. The van der Waals surface area contributed by atoms with Crippen LogP contribution >= 0.6 is 23.2 Å². The maximum Gasteiger partial charge on any atom is 0.314 e. The van der Waals surface area contributed by atoms with E-state index >= 15 is 0 Å². The summed E-state index contributed by atoms with van der Waals surface area (Å²) in [5.41, 5.74) is 0.0493. The van der Waals surface area contributed by atoms with E-state index in [1.807, 2.05) is 0 Å². The Morgan fingerprint density at radius 2 is 1.93 bits per heavy atom. The van der Waals surface area contributed by atoms with Crippen LogP contribution in [-0.2, 0) is 10.2 Å². The molecule has 0 bridgehead atoms. The van der Waals surface area contributed by atoms with Crippen LogP contribution in [0.25, 0.3) is 0 Å². The molecule has 1 aromatic carbocycles. The van der Waals surface area contributed by atoms with Gasteiger partial charge in [0, 0.05) is 0 Å². The van der Waals surface area contributed by atoms with Crippen LogP contribution in [0.5, 0.6) is 0 Å². The average Bonchev–Trinajstić information content (AvgIpc) is 2.90. The van der Waals surface area contributed by atoms with Crippen LogP contribution in [0.15, 0.2) is 18.2 Å². The second kappa shape index (κ2) is 3.14. The van der Waals surface area contributed by atoms with E-state index < -0.39 is 11.4 Å². The van der Waals surface area contributed by atoms with Gasteiger partial charge < -0.3 is 5.11 Å². The van der Waals surface area contributed by atoms with Crippen LogP contribution in [0.3, 0.4) is 0 Å². The molecule has 74 valence electrons. The highest BCUT2D eigenvalue weighted by Gasteiger charge is 2.51. The van der Waals surface area contributed by atoms with Gasteiger partial charge in [-0.1, -0.05) is 29.3 Å². The Morgan fingerprint density at radius 1 is 1.29 bits per heavy atom. The predicted octanol–water partition coefficient (Wildman–Crippen LogP) is 3.11. The molecule has 1 aromatic rings. The maximum absolute atomic E-state index is 11.0. The fraction of sp³-hybridized carbons (Fsp3) is 0.300. The van der Waals surface area contributed by atoms with Crippen molar-refractivity contribution in [2.75, 3.05) is 0 Å². The van der Waals surface area contributed by atoms with E-state index in [2.05, 4.69) is 0 Å². The van der Waals surface area contributed by atoms with Gasteiger partial charge >= 0.3 is 5.97 Å². The van der Waals surface area contributed by atoms with Gasteiger partial charge in [0.05, 0.1) is 15.5 Å². The molecule has 0 spiro atoms. The number of hydrogen-bond donors (Lipinski definition) is 1. The van der Waals surface area contributed by atoms with Gasteiger partial charge in [-0.3, -0.25) is 4.79 Å². The van der Waals surface area contributed by atoms with Crippen LogP contribution in [0.4, 0.5) is 0 Å². The molecule has 1 aliphatic carbocycles. The van der Waals surface area contributed by atoms with Crippen LogP contribution in [0.2, 0.25) is 10.0 Å². The number of aliphatic carboxylic acids is 1. The van der Waals surface area contributed by atoms with Gasteiger partial charge in [0.25, 0.3) is 0 Å². The molecule has 1 N–H and O–H groups in total. The molecule has 0 atom stereocenters. The Labute approximate surface area is 91.4 Å². The van der Waals surface area contributed by atoms with Gasteiger partial charge in [-0.25, -0.2) is 0 Å². The minimum Gasteiger partial charge on any atom is -0.481 e. The summed E-state index contributed by atoms with van der Waals surface area (Å²) in [6.45, 7) is 0. The first-order valence-electron chi connectivity index (χ1n) is 4.25. The molecule has 1 saturated carbocycles. The van der Waals surface area contributed by atoms with Crippen LogP contribution in [0, 0.1) is 0 Å². The average molecular weight is 231 g/mol. The van der Waals surface area contributed by atoms with Crippen LogP contribution in [0.1, 0.15) is 18.4 Å². The Hall–Kier alpha value is -0.730. The third-order valence-corrected chi connectivity index (χ3v) is 3.37. The fourth-order valence-corrected chi connectivity index (χ4v) is 1.84. The van der Waals surface area contributed by atoms with Crippen LogP contribution < -0.4 is 0 Å². The highest BCUT2D eigenvalue weighted by molar-refractivity contribution is 6.42. The van der Waals surface area contributed by atoms with Crippen molar-refractivity contribution in [3.05, 3.63) is 33.8 Å². The third kappa shape index (κ3) is 1.39. The molecule has 0 heterocycles. The van der Waals surface area contributed by atoms with Crippen molar-refractivity contribution in [3.63, 3.8) is 0 Å². The van der Waals surface area contributed by atoms with E-state index in [0.29, 0.717) is 22.9 Å². The summed E-state index contributed by atoms with van der Waals surface area (Å²) in [7, 11) is 0. The highest BCUT2D eigenvalue weighted by Crippen LogP contribution is 2.49. The van der Waals surface area contributed by atoms with Crippen molar-refractivity contribution >= 4 is 29.2 Å². The fourth-order valence-electron chi connectivity index (χ4n) is 1.54. The zero-order chi connectivity index (χ0) is 10.3. The third-order valence-electron chi connectivity index (χ3n) is 2.63. The molecule has 0 aromatic heterocycles. The van der Waals surface area contributed by atoms with Gasteiger partial charge in [0.15, 0.2) is 0 Å². The van der Waals surface area contributed by atoms with E-state index in [-0.39, 0.29) is 0 Å². The first kappa shape index (κ1) is 9.81. The Balaban J connectivity index is 2.43. The summed E-state index contributed by atoms with van der Waals surface area (Å²) in [4.78, 5) is 11.0. The normalized spacial score (nSPS) is 17.9. The zero-order valence-electron chi connectivity index (χ0n) is 7.26. The molecule has 1 fully saturated rings. The van der Waals surface area contributed by atoms with Gasteiger partial charge in [0.1, 0.15) is 0 Å². The van der Waals surface area contributed by atoms with E-state index in [0.717, 1.165) is 5.56 Å². The highest BCUT2D eigenvalue weighted by atomic mass is 35.5. The van der Waals surface area contributed by atoms with Crippen LogP contribution in [-0.4, -0.2) is 11.1 Å². The van der Waals surface area contributed by atoms with E-state index in [4.69, 9.17) is 28.3 Å². The van der Waals surface area contributed by atoms with E-state index in [9.17, 15) is 4.79 Å². The SMILES string of the molecule is O=C(O)C1(c2ccc(Cl)c(Cl)c2)CC1. The minimum atomic E-state index is -0.782. The molecule has 2 nitrogen and oxygen atoms in total. The second-order valence-corrected chi connectivity index (χ2v) is 4.33. The van der Waals surface area contributed by atoms with E-state index in [1.54, 1.807) is 18.2 Å². The number of carboxylic acid groups (broad SMARTS) is 1. The lowest BCUT2D eigenvalue weighted by atomic mass is 9.96. The van der Waals surface area contributed by atoms with Crippen molar-refractivity contribution in [1.82, 2.24) is 0 Å². The van der Waals surface area contributed by atoms with E-state index in [1.165, 1.54) is 0 Å². The topological polar surface area (TPSA) is 37.3 Å². The molecule has 4 heteroatoms. The maximum atomic E-state index is 11.0. The molecule has 0 unspecified atom stereocenters. The summed E-state index contributed by atoms with van der Waals surface area (Å²) in [6.07, 6.45) is 1.36. The first-order valence-corrected chi connectivity index (χ1v) is 5.01. The zero-order valence-corrected chi connectivity index (χ0v) is 8.77. The predicted molar refractivity (Wildman–Crippen MR) is 55.0 cm³/mol. The van der Waals surface area contributed by atoms with Gasteiger partial charge in [0.2, 0.25) is 0 Å². The van der Waals surface area contributed by atoms with Crippen molar-refractivity contribution in [2.45, 2.75) is 18.3 Å². The number of rotatable bonds is 2. The molecule has 0 radical (unpaired) electrons. The molecule has 0 aliphatic heterocycles. The number of carboxylic acids is 1. The first-order chi connectivity index (χ1) is 6.56. The van der Waals surface area contributed by atoms with Gasteiger partial charge in [-0.05, 0) is 30.5 Å². The molecular formula is C10H8Cl2O2. The quantitative estimate of drug-likeness (QED) is 0.848. The number of carbonyl (C=O) groups is 1. The second-order valence-electron chi connectivity index (χ2n) is 3.52. The Kier molecular flexibility index (Phi) is 2.20. The number of hydrogen-bond acceptors (Lipinski definition) is 1. The van der Waals surface area contributed by atoms with Crippen molar-refractivity contribution in [3.8, 4) is 0 Å². The Morgan fingerprint density at radius 3 is 2.36 bits per heavy atom. The van der Waals surface area contributed by atoms with Crippen molar-refractivity contribution in [2.24, 2.45) is 0 Å². The summed E-state index contributed by atoms with van der Waals surface area (Å²) in [6, 6.07) is 5.02. The molecule has 2 rings (SSSR count). The molecule has 0 amide bonds. The lowest BCUT2D eigenvalue weighted by Crippen LogP contribution is -2.19. The number of benzene rings is 1.